The van der Waals surface area contributed by atoms with Gasteiger partial charge in [0.15, 0.2) is 5.82 Å². The molecule has 1 aromatic carbocycles. The standard InChI is InChI=1S/C24H28FN5O/c25-19-7-6-10-21(17-19)30-23(28-11-4-5-12-28)22(18-26-30)24(31)29-15-13-27(14-16-29)20-8-2-1-3-9-20/h4-7,10-12,17-18,20H,1-3,8-9,13-16H2. The Morgan fingerprint density at radius 2 is 1.71 bits per heavy atom. The van der Waals surface area contributed by atoms with Gasteiger partial charge < -0.3 is 9.47 Å². The van der Waals surface area contributed by atoms with Gasteiger partial charge in [0, 0.05) is 44.6 Å². The third-order valence-corrected chi connectivity index (χ3v) is 6.57. The summed E-state index contributed by atoms with van der Waals surface area (Å²) >= 11 is 0. The lowest BCUT2D eigenvalue weighted by Crippen LogP contribution is -2.52. The first-order chi connectivity index (χ1) is 15.2. The molecule has 0 bridgehead atoms. The first-order valence-electron chi connectivity index (χ1n) is 11.2. The van der Waals surface area contributed by atoms with E-state index in [1.807, 2.05) is 34.0 Å². The molecule has 1 aliphatic carbocycles. The summed E-state index contributed by atoms with van der Waals surface area (Å²) in [5.41, 5.74) is 1.12. The summed E-state index contributed by atoms with van der Waals surface area (Å²) in [6.07, 6.45) is 11.9. The maximum absolute atomic E-state index is 13.8. The molecule has 0 unspecified atom stereocenters. The van der Waals surface area contributed by atoms with Crippen molar-refractivity contribution >= 4 is 5.91 Å². The second-order valence-electron chi connectivity index (χ2n) is 8.48. The Morgan fingerprint density at radius 3 is 2.42 bits per heavy atom. The average molecular weight is 422 g/mol. The highest BCUT2D eigenvalue weighted by atomic mass is 19.1. The number of nitrogens with zero attached hydrogens (tertiary/aromatic N) is 5. The van der Waals surface area contributed by atoms with E-state index in [9.17, 15) is 9.18 Å². The van der Waals surface area contributed by atoms with Crippen molar-refractivity contribution in [3.63, 3.8) is 0 Å². The number of carbonyl (C=O) groups excluding carboxylic acids is 1. The largest absolute Gasteiger partial charge is 0.336 e. The maximum atomic E-state index is 13.8. The zero-order valence-electron chi connectivity index (χ0n) is 17.7. The number of carbonyl (C=O) groups is 1. The fourth-order valence-electron chi connectivity index (χ4n) is 4.92. The Kier molecular flexibility index (Phi) is 5.59. The van der Waals surface area contributed by atoms with Crippen LogP contribution < -0.4 is 0 Å². The molecule has 2 aromatic heterocycles. The highest BCUT2D eigenvalue weighted by Gasteiger charge is 2.30. The number of piperazine rings is 1. The van der Waals surface area contributed by atoms with Crippen LogP contribution in [0.3, 0.4) is 0 Å². The molecule has 2 fully saturated rings. The average Bonchev–Trinajstić information content (AvgIpc) is 3.49. The van der Waals surface area contributed by atoms with Crippen molar-refractivity contribution in [1.29, 1.82) is 0 Å². The number of hydrogen-bond donors (Lipinski definition) is 0. The van der Waals surface area contributed by atoms with Crippen molar-refractivity contribution in [2.24, 2.45) is 0 Å². The van der Waals surface area contributed by atoms with Gasteiger partial charge in [-0.15, -0.1) is 0 Å². The fraction of sp³-hybridized carbons (Fsp3) is 0.417. The molecule has 3 aromatic rings. The van der Waals surface area contributed by atoms with Crippen LogP contribution in [0.1, 0.15) is 42.5 Å². The van der Waals surface area contributed by atoms with Gasteiger partial charge in [-0.25, -0.2) is 9.07 Å². The zero-order valence-corrected chi connectivity index (χ0v) is 17.7. The van der Waals surface area contributed by atoms with Crippen LogP contribution in [0.4, 0.5) is 4.39 Å². The molecule has 0 spiro atoms. The van der Waals surface area contributed by atoms with E-state index in [-0.39, 0.29) is 11.7 Å². The minimum Gasteiger partial charge on any atom is -0.336 e. The van der Waals surface area contributed by atoms with Gasteiger partial charge in [0.05, 0.1) is 11.9 Å². The number of aromatic nitrogens is 3. The van der Waals surface area contributed by atoms with E-state index in [0.29, 0.717) is 23.1 Å². The molecule has 1 amide bonds. The summed E-state index contributed by atoms with van der Waals surface area (Å²) in [5, 5.41) is 4.46. The van der Waals surface area contributed by atoms with Gasteiger partial charge in [0.2, 0.25) is 0 Å². The van der Waals surface area contributed by atoms with E-state index in [0.717, 1.165) is 26.2 Å². The Hall–Kier alpha value is -2.93. The lowest BCUT2D eigenvalue weighted by molar-refractivity contribution is 0.0523. The van der Waals surface area contributed by atoms with Gasteiger partial charge in [0.1, 0.15) is 11.4 Å². The Bertz CT molecular complexity index is 1030. The van der Waals surface area contributed by atoms with Crippen LogP contribution in [-0.4, -0.2) is 62.3 Å². The lowest BCUT2D eigenvalue weighted by atomic mass is 9.94. The van der Waals surface area contributed by atoms with Crippen LogP contribution in [0.25, 0.3) is 11.5 Å². The molecule has 2 aliphatic rings. The summed E-state index contributed by atoms with van der Waals surface area (Å²) in [6.45, 7) is 3.30. The number of amides is 1. The van der Waals surface area contributed by atoms with Crippen molar-refractivity contribution in [3.05, 3.63) is 66.4 Å². The van der Waals surface area contributed by atoms with Gasteiger partial charge in [-0.2, -0.15) is 5.10 Å². The molecule has 5 rings (SSSR count). The van der Waals surface area contributed by atoms with Crippen LogP contribution in [-0.2, 0) is 0 Å². The number of halogens is 1. The van der Waals surface area contributed by atoms with Crippen LogP contribution in [0, 0.1) is 5.82 Å². The second kappa shape index (κ2) is 8.67. The number of rotatable bonds is 4. The Morgan fingerprint density at radius 1 is 0.968 bits per heavy atom. The summed E-state index contributed by atoms with van der Waals surface area (Å²) in [4.78, 5) is 18.0. The molecule has 0 N–H and O–H groups in total. The van der Waals surface area contributed by atoms with Crippen LogP contribution in [0.5, 0.6) is 0 Å². The third-order valence-electron chi connectivity index (χ3n) is 6.57. The molecule has 0 radical (unpaired) electrons. The summed E-state index contributed by atoms with van der Waals surface area (Å²) in [5.74, 6) is 0.281. The van der Waals surface area contributed by atoms with E-state index >= 15 is 0 Å². The highest BCUT2D eigenvalue weighted by Crippen LogP contribution is 2.25. The van der Waals surface area contributed by atoms with Gasteiger partial charge >= 0.3 is 0 Å². The van der Waals surface area contributed by atoms with Crippen LogP contribution in [0.15, 0.2) is 55.0 Å². The van der Waals surface area contributed by atoms with E-state index < -0.39 is 0 Å². The van der Waals surface area contributed by atoms with Crippen molar-refractivity contribution in [2.45, 2.75) is 38.1 Å². The molecule has 1 saturated carbocycles. The van der Waals surface area contributed by atoms with Crippen molar-refractivity contribution < 1.29 is 9.18 Å². The molecule has 162 valence electrons. The van der Waals surface area contributed by atoms with Gasteiger partial charge in [-0.1, -0.05) is 25.3 Å². The molecule has 1 aliphatic heterocycles. The first-order valence-corrected chi connectivity index (χ1v) is 11.2. The quantitative estimate of drug-likeness (QED) is 0.642. The summed E-state index contributed by atoms with van der Waals surface area (Å²) in [7, 11) is 0. The molecule has 31 heavy (non-hydrogen) atoms. The van der Waals surface area contributed by atoms with Crippen LogP contribution >= 0.6 is 0 Å². The molecular weight excluding hydrogens is 393 g/mol. The monoisotopic (exact) mass is 421 g/mol. The third kappa shape index (κ3) is 4.02. The number of benzene rings is 1. The number of hydrogen-bond acceptors (Lipinski definition) is 3. The first kappa shape index (κ1) is 20.0. The SMILES string of the molecule is O=C(c1cnn(-c2cccc(F)c2)c1-n1cccc1)N1CCN(C2CCCCC2)CC1. The fourth-order valence-corrected chi connectivity index (χ4v) is 4.92. The molecule has 3 heterocycles. The maximum Gasteiger partial charge on any atom is 0.259 e. The normalized spacial score (nSPS) is 18.4. The molecule has 7 heteroatoms. The predicted octanol–water partition coefficient (Wildman–Crippen LogP) is 3.89. The van der Waals surface area contributed by atoms with Crippen molar-refractivity contribution in [3.8, 4) is 11.5 Å². The topological polar surface area (TPSA) is 46.3 Å². The van der Waals surface area contributed by atoms with Gasteiger partial charge in [-0.05, 0) is 43.2 Å². The minimum absolute atomic E-state index is 0.0188. The van der Waals surface area contributed by atoms with Crippen molar-refractivity contribution in [1.82, 2.24) is 24.1 Å². The van der Waals surface area contributed by atoms with E-state index in [2.05, 4.69) is 10.00 Å². The highest BCUT2D eigenvalue weighted by molar-refractivity contribution is 5.97. The van der Waals surface area contributed by atoms with E-state index in [1.54, 1.807) is 23.0 Å². The smallest absolute Gasteiger partial charge is 0.259 e. The van der Waals surface area contributed by atoms with Crippen molar-refractivity contribution in [2.75, 3.05) is 26.2 Å². The van der Waals surface area contributed by atoms with Gasteiger partial charge in [0.25, 0.3) is 5.91 Å². The van der Waals surface area contributed by atoms with E-state index in [1.165, 1.54) is 44.2 Å². The van der Waals surface area contributed by atoms with E-state index in [4.69, 9.17) is 0 Å². The summed E-state index contributed by atoms with van der Waals surface area (Å²) in [6, 6.07) is 10.8. The second-order valence-corrected chi connectivity index (χ2v) is 8.48. The molecule has 1 saturated heterocycles. The molecule has 0 atom stereocenters. The Balaban J connectivity index is 1.39. The minimum atomic E-state index is -0.335. The van der Waals surface area contributed by atoms with Crippen LogP contribution in [0.2, 0.25) is 0 Å². The molecule has 6 nitrogen and oxygen atoms in total. The summed E-state index contributed by atoms with van der Waals surface area (Å²) < 4.78 is 17.3. The lowest BCUT2D eigenvalue weighted by Gasteiger charge is -2.40. The van der Waals surface area contributed by atoms with Gasteiger partial charge in [-0.3, -0.25) is 9.69 Å². The predicted molar refractivity (Wildman–Crippen MR) is 117 cm³/mol. The zero-order chi connectivity index (χ0) is 21.2. The molecular formula is C24H28FN5O. The Labute approximate surface area is 181 Å².